The number of hydrogen-bond donors (Lipinski definition) is 3. The van der Waals surface area contributed by atoms with Crippen LogP contribution in [0.25, 0.3) is 10.4 Å². The molecule has 0 heterocycles. The molecular formula is C10H10FN3O4. The van der Waals surface area contributed by atoms with Crippen molar-refractivity contribution in [2.75, 3.05) is 6.54 Å². The van der Waals surface area contributed by atoms with Crippen LogP contribution in [0.4, 0.5) is 4.39 Å². The number of halogens is 1. The second-order valence-corrected chi connectivity index (χ2v) is 3.47. The Hall–Kier alpha value is -2.15. The first-order valence-electron chi connectivity index (χ1n) is 4.87. The molecule has 0 spiro atoms. The maximum Gasteiger partial charge on any atom is 0.335 e. The van der Waals surface area contributed by atoms with E-state index >= 15 is 0 Å². The minimum atomic E-state index is -1.60. The van der Waals surface area contributed by atoms with Crippen LogP contribution in [-0.2, 0) is 0 Å². The minimum Gasteiger partial charge on any atom is -0.478 e. The Morgan fingerprint density at radius 1 is 1.50 bits per heavy atom. The maximum atomic E-state index is 13.5. The molecule has 96 valence electrons. The number of carbonyl (C=O) groups is 1. The number of carboxylic acid groups (broad SMARTS) is 1. The van der Waals surface area contributed by atoms with Gasteiger partial charge in [0.1, 0.15) is 11.9 Å². The zero-order valence-electron chi connectivity index (χ0n) is 9.06. The van der Waals surface area contributed by atoms with E-state index < -0.39 is 30.5 Å². The summed E-state index contributed by atoms with van der Waals surface area (Å²) in [5, 5.41) is 30.7. The first-order valence-corrected chi connectivity index (χ1v) is 4.87. The summed E-state index contributed by atoms with van der Waals surface area (Å²) in [6.07, 6.45) is -3.07. The van der Waals surface area contributed by atoms with E-state index in [1.165, 1.54) is 0 Å². The lowest BCUT2D eigenvalue weighted by molar-refractivity contribution is 0.0222. The Morgan fingerprint density at radius 3 is 2.67 bits per heavy atom. The summed E-state index contributed by atoms with van der Waals surface area (Å²) in [6, 6.07) is 2.90. The Bertz CT molecular complexity index is 502. The number of aliphatic hydroxyl groups excluding tert-OH is 2. The van der Waals surface area contributed by atoms with Crippen LogP contribution in [0, 0.1) is 5.82 Å². The van der Waals surface area contributed by atoms with Gasteiger partial charge in [-0.2, -0.15) is 0 Å². The third kappa shape index (κ3) is 3.17. The van der Waals surface area contributed by atoms with E-state index in [-0.39, 0.29) is 11.1 Å². The first-order chi connectivity index (χ1) is 8.47. The molecular weight excluding hydrogens is 245 g/mol. The van der Waals surface area contributed by atoms with Crippen molar-refractivity contribution in [2.45, 2.75) is 12.2 Å². The summed E-state index contributed by atoms with van der Waals surface area (Å²) >= 11 is 0. The van der Waals surface area contributed by atoms with Crippen molar-refractivity contribution in [3.63, 3.8) is 0 Å². The summed E-state index contributed by atoms with van der Waals surface area (Å²) in [5.74, 6) is -2.26. The van der Waals surface area contributed by atoms with E-state index in [0.29, 0.717) is 0 Å². The van der Waals surface area contributed by atoms with E-state index in [4.69, 9.17) is 10.6 Å². The fourth-order valence-electron chi connectivity index (χ4n) is 1.33. The summed E-state index contributed by atoms with van der Waals surface area (Å²) < 4.78 is 13.5. The van der Waals surface area contributed by atoms with Crippen molar-refractivity contribution in [3.8, 4) is 0 Å². The van der Waals surface area contributed by atoms with Gasteiger partial charge < -0.3 is 15.3 Å². The molecule has 0 amide bonds. The van der Waals surface area contributed by atoms with Crippen molar-refractivity contribution < 1.29 is 24.5 Å². The van der Waals surface area contributed by atoms with E-state index in [2.05, 4.69) is 10.0 Å². The topological polar surface area (TPSA) is 127 Å². The molecule has 2 atom stereocenters. The molecule has 18 heavy (non-hydrogen) atoms. The molecule has 0 radical (unpaired) electrons. The van der Waals surface area contributed by atoms with Crippen LogP contribution in [0.1, 0.15) is 22.0 Å². The van der Waals surface area contributed by atoms with Gasteiger partial charge in [-0.1, -0.05) is 11.2 Å². The zero-order chi connectivity index (χ0) is 13.7. The zero-order valence-corrected chi connectivity index (χ0v) is 9.06. The highest BCUT2D eigenvalue weighted by Crippen LogP contribution is 2.21. The number of carboxylic acids is 1. The minimum absolute atomic E-state index is 0.263. The normalized spacial score (nSPS) is 13.5. The molecule has 0 aliphatic carbocycles. The summed E-state index contributed by atoms with van der Waals surface area (Å²) in [5.41, 5.74) is 7.51. The molecule has 0 aromatic heterocycles. The van der Waals surface area contributed by atoms with Crippen LogP contribution in [-0.4, -0.2) is 33.9 Å². The van der Waals surface area contributed by atoms with Crippen LogP contribution in [0.15, 0.2) is 23.3 Å². The molecule has 3 N–H and O–H groups in total. The van der Waals surface area contributed by atoms with E-state index in [9.17, 15) is 19.4 Å². The molecule has 0 aliphatic rings. The van der Waals surface area contributed by atoms with Crippen LogP contribution in [0.3, 0.4) is 0 Å². The highest BCUT2D eigenvalue weighted by Gasteiger charge is 2.21. The number of aliphatic hydroxyl groups is 2. The van der Waals surface area contributed by atoms with Crippen molar-refractivity contribution in [3.05, 3.63) is 45.6 Å². The van der Waals surface area contributed by atoms with Gasteiger partial charge in [0.25, 0.3) is 0 Å². The van der Waals surface area contributed by atoms with Gasteiger partial charge in [0, 0.05) is 10.5 Å². The van der Waals surface area contributed by atoms with E-state index in [1.54, 1.807) is 0 Å². The molecule has 0 saturated heterocycles. The summed E-state index contributed by atoms with van der Waals surface area (Å²) in [4.78, 5) is 13.0. The number of aromatic carboxylic acids is 1. The van der Waals surface area contributed by atoms with Crippen LogP contribution >= 0.6 is 0 Å². The Kier molecular flexibility index (Phi) is 4.61. The molecule has 1 rings (SSSR count). The lowest BCUT2D eigenvalue weighted by atomic mass is 10.0. The highest BCUT2D eigenvalue weighted by atomic mass is 19.1. The maximum absolute atomic E-state index is 13.5. The quantitative estimate of drug-likeness (QED) is 0.415. The fourth-order valence-corrected chi connectivity index (χ4v) is 1.33. The SMILES string of the molecule is [N-]=[N+]=NCC(O)C(O)c1ccc(C(=O)O)cc1F. The average Bonchev–Trinajstić information content (AvgIpc) is 2.34. The fraction of sp³-hybridized carbons (Fsp3) is 0.300. The second-order valence-electron chi connectivity index (χ2n) is 3.47. The van der Waals surface area contributed by atoms with Crippen LogP contribution < -0.4 is 0 Å². The lowest BCUT2D eigenvalue weighted by Crippen LogP contribution is -2.22. The molecule has 0 saturated carbocycles. The molecule has 1 aromatic rings. The van der Waals surface area contributed by atoms with Gasteiger partial charge in [-0.05, 0) is 17.7 Å². The molecule has 7 nitrogen and oxygen atoms in total. The van der Waals surface area contributed by atoms with Gasteiger partial charge in [-0.25, -0.2) is 9.18 Å². The number of nitrogens with zero attached hydrogens (tertiary/aromatic N) is 3. The Balaban J connectivity index is 2.95. The lowest BCUT2D eigenvalue weighted by Gasteiger charge is -2.17. The Morgan fingerprint density at radius 2 is 2.17 bits per heavy atom. The predicted molar refractivity (Wildman–Crippen MR) is 58.3 cm³/mol. The predicted octanol–water partition coefficient (Wildman–Crippen LogP) is 1.23. The molecule has 0 aliphatic heterocycles. The van der Waals surface area contributed by atoms with Crippen molar-refractivity contribution >= 4 is 5.97 Å². The summed E-state index contributed by atoms with van der Waals surface area (Å²) in [7, 11) is 0. The molecule has 8 heteroatoms. The van der Waals surface area contributed by atoms with Crippen molar-refractivity contribution in [1.29, 1.82) is 0 Å². The van der Waals surface area contributed by atoms with Gasteiger partial charge in [0.15, 0.2) is 0 Å². The highest BCUT2D eigenvalue weighted by molar-refractivity contribution is 5.87. The molecule has 0 fully saturated rings. The van der Waals surface area contributed by atoms with E-state index in [1.807, 2.05) is 0 Å². The van der Waals surface area contributed by atoms with Crippen molar-refractivity contribution in [2.24, 2.45) is 5.11 Å². The number of azide groups is 1. The van der Waals surface area contributed by atoms with Gasteiger partial charge in [0.2, 0.25) is 0 Å². The number of hydrogen-bond acceptors (Lipinski definition) is 4. The monoisotopic (exact) mass is 255 g/mol. The van der Waals surface area contributed by atoms with Crippen LogP contribution in [0.5, 0.6) is 0 Å². The van der Waals surface area contributed by atoms with E-state index in [0.717, 1.165) is 18.2 Å². The Labute approximate surface area is 101 Å². The summed E-state index contributed by atoms with van der Waals surface area (Å²) in [6.45, 7) is -0.419. The second kappa shape index (κ2) is 5.97. The molecule has 1 aromatic carbocycles. The van der Waals surface area contributed by atoms with Gasteiger partial charge in [-0.3, -0.25) is 0 Å². The molecule has 0 bridgehead atoms. The van der Waals surface area contributed by atoms with Gasteiger partial charge in [0.05, 0.1) is 18.2 Å². The standard InChI is InChI=1S/C10H10FN3O4/c11-7-3-5(10(17)18)1-2-6(7)9(16)8(15)4-13-14-12/h1-3,8-9,15-16H,4H2,(H,17,18). The smallest absolute Gasteiger partial charge is 0.335 e. The number of rotatable bonds is 5. The largest absolute Gasteiger partial charge is 0.478 e. The number of benzene rings is 1. The van der Waals surface area contributed by atoms with Gasteiger partial charge >= 0.3 is 5.97 Å². The third-order valence-electron chi connectivity index (χ3n) is 2.26. The molecule has 2 unspecified atom stereocenters. The van der Waals surface area contributed by atoms with Crippen LogP contribution in [0.2, 0.25) is 0 Å². The van der Waals surface area contributed by atoms with Gasteiger partial charge in [-0.15, -0.1) is 0 Å². The van der Waals surface area contributed by atoms with Crippen molar-refractivity contribution in [1.82, 2.24) is 0 Å². The average molecular weight is 255 g/mol. The first kappa shape index (κ1) is 13.9. The third-order valence-corrected chi connectivity index (χ3v) is 2.26.